The highest BCUT2D eigenvalue weighted by Gasteiger charge is 2.53. The van der Waals surface area contributed by atoms with E-state index >= 15 is 0 Å². The topological polar surface area (TPSA) is 9.23 Å². The summed E-state index contributed by atoms with van der Waals surface area (Å²) < 4.78 is 6.22. The molecular weight excluding hydrogens is 308 g/mol. The largest absolute Gasteiger partial charge is 0.457 e. The second-order valence-electron chi connectivity index (χ2n) is 6.31. The lowest BCUT2D eigenvalue weighted by Crippen LogP contribution is -2.22. The van der Waals surface area contributed by atoms with Crippen LogP contribution in [0.2, 0.25) is 0 Å². The smallest absolute Gasteiger partial charge is 0.133 e. The van der Waals surface area contributed by atoms with Crippen LogP contribution in [0.1, 0.15) is 36.8 Å². The average Bonchev–Trinajstić information content (AvgIpc) is 2.95. The molecule has 2 heterocycles. The number of hydrogen-bond donors (Lipinski definition) is 0. The second kappa shape index (κ2) is 4.97. The van der Waals surface area contributed by atoms with Crippen LogP contribution >= 0.6 is 23.5 Å². The van der Waals surface area contributed by atoms with Crippen molar-refractivity contribution in [1.82, 2.24) is 0 Å². The molecule has 0 amide bonds. The molecule has 112 valence electrons. The number of para-hydroxylation sites is 2. The van der Waals surface area contributed by atoms with Crippen molar-refractivity contribution in [1.29, 1.82) is 0 Å². The summed E-state index contributed by atoms with van der Waals surface area (Å²) in [5.74, 6) is 2.08. The van der Waals surface area contributed by atoms with Gasteiger partial charge in [0.2, 0.25) is 0 Å². The van der Waals surface area contributed by atoms with Crippen molar-refractivity contribution in [3.8, 4) is 11.5 Å². The summed E-state index contributed by atoms with van der Waals surface area (Å²) in [4.78, 5) is 0. The van der Waals surface area contributed by atoms with E-state index in [9.17, 15) is 0 Å². The highest BCUT2D eigenvalue weighted by molar-refractivity contribution is 8.21. The Morgan fingerprint density at radius 2 is 1.27 bits per heavy atom. The normalized spacial score (nSPS) is 27.6. The van der Waals surface area contributed by atoms with Crippen LogP contribution in [0.5, 0.6) is 11.5 Å². The molecule has 2 fully saturated rings. The van der Waals surface area contributed by atoms with E-state index in [0.717, 1.165) is 22.0 Å². The first-order valence-electron chi connectivity index (χ1n) is 8.09. The molecule has 2 aromatic rings. The number of rotatable bonds is 0. The van der Waals surface area contributed by atoms with Gasteiger partial charge in [-0.2, -0.15) is 0 Å². The maximum atomic E-state index is 6.19. The molecule has 0 radical (unpaired) electrons. The molecule has 22 heavy (non-hydrogen) atoms. The Kier molecular flexibility index (Phi) is 3.02. The quantitative estimate of drug-likeness (QED) is 0.607. The van der Waals surface area contributed by atoms with Gasteiger partial charge in [-0.1, -0.05) is 49.2 Å². The standard InChI is InChI=1S/C19H18OS2/c1-3-9-15-13(7-1)19(14-8-2-4-10-16(14)20-15)21-17-11-5-6-12-18(17)22-19/h1-4,7-10,17-18H,5-6,11-12H2/t17-,18-/m1/s1. The maximum absolute atomic E-state index is 6.19. The van der Waals surface area contributed by atoms with Gasteiger partial charge in [0.15, 0.2) is 0 Å². The van der Waals surface area contributed by atoms with Gasteiger partial charge >= 0.3 is 0 Å². The molecule has 2 atom stereocenters. The fraction of sp³-hybridized carbons (Fsp3) is 0.368. The average molecular weight is 326 g/mol. The van der Waals surface area contributed by atoms with E-state index in [1.54, 1.807) is 0 Å². The molecule has 1 nitrogen and oxygen atoms in total. The van der Waals surface area contributed by atoms with E-state index in [2.05, 4.69) is 72.1 Å². The number of fused-ring (bicyclic) bond motifs is 5. The van der Waals surface area contributed by atoms with E-state index in [-0.39, 0.29) is 4.08 Å². The Balaban J connectivity index is 1.71. The summed E-state index contributed by atoms with van der Waals surface area (Å²) in [5.41, 5.74) is 2.72. The van der Waals surface area contributed by atoms with E-state index < -0.39 is 0 Å². The van der Waals surface area contributed by atoms with E-state index in [4.69, 9.17) is 4.74 Å². The van der Waals surface area contributed by atoms with Gasteiger partial charge in [-0.25, -0.2) is 0 Å². The predicted octanol–water partition coefficient (Wildman–Crippen LogP) is 5.78. The second-order valence-corrected chi connectivity index (χ2v) is 9.47. The summed E-state index contributed by atoms with van der Waals surface area (Å²) >= 11 is 4.37. The molecule has 1 saturated heterocycles. The highest BCUT2D eigenvalue weighted by Crippen LogP contribution is 2.68. The lowest BCUT2D eigenvalue weighted by atomic mass is 9.99. The van der Waals surface area contributed by atoms with Gasteiger partial charge in [-0.3, -0.25) is 0 Å². The summed E-state index contributed by atoms with van der Waals surface area (Å²) in [6, 6.07) is 17.2. The summed E-state index contributed by atoms with van der Waals surface area (Å²) in [6.45, 7) is 0. The molecular formula is C19H18OS2. The maximum Gasteiger partial charge on any atom is 0.133 e. The van der Waals surface area contributed by atoms with Crippen molar-refractivity contribution >= 4 is 23.5 Å². The Hall–Kier alpha value is -1.06. The minimum atomic E-state index is 0.0328. The molecule has 2 aromatic carbocycles. The van der Waals surface area contributed by atoms with Gasteiger partial charge in [-0.05, 0) is 25.0 Å². The van der Waals surface area contributed by atoms with Crippen LogP contribution in [0.25, 0.3) is 0 Å². The molecule has 1 spiro atoms. The van der Waals surface area contributed by atoms with E-state index in [0.29, 0.717) is 0 Å². The van der Waals surface area contributed by atoms with Crippen LogP contribution < -0.4 is 4.74 Å². The molecule has 0 bridgehead atoms. The third-order valence-electron chi connectivity index (χ3n) is 4.98. The van der Waals surface area contributed by atoms with Crippen molar-refractivity contribution in [2.24, 2.45) is 0 Å². The third kappa shape index (κ3) is 1.82. The zero-order valence-electron chi connectivity index (χ0n) is 12.3. The van der Waals surface area contributed by atoms with Crippen LogP contribution in [-0.2, 0) is 4.08 Å². The first kappa shape index (κ1) is 13.4. The molecule has 1 saturated carbocycles. The highest BCUT2D eigenvalue weighted by atomic mass is 32.2. The van der Waals surface area contributed by atoms with Crippen LogP contribution in [0, 0.1) is 0 Å². The van der Waals surface area contributed by atoms with Crippen molar-refractivity contribution < 1.29 is 4.74 Å². The Bertz CT molecular complexity index is 665. The molecule has 0 N–H and O–H groups in total. The number of thioether (sulfide) groups is 2. The lowest BCUT2D eigenvalue weighted by Gasteiger charge is -2.36. The summed E-state index contributed by atoms with van der Waals surface area (Å²) in [5, 5.41) is 1.58. The zero-order chi connectivity index (χ0) is 14.6. The van der Waals surface area contributed by atoms with Crippen molar-refractivity contribution in [2.75, 3.05) is 0 Å². The van der Waals surface area contributed by atoms with Crippen molar-refractivity contribution in [2.45, 2.75) is 40.3 Å². The summed E-state index contributed by atoms with van der Waals surface area (Å²) in [6.07, 6.45) is 5.53. The van der Waals surface area contributed by atoms with E-state index in [1.807, 2.05) is 0 Å². The molecule has 5 rings (SSSR count). The van der Waals surface area contributed by atoms with Crippen LogP contribution in [0.3, 0.4) is 0 Å². The summed E-state index contributed by atoms with van der Waals surface area (Å²) in [7, 11) is 0. The van der Waals surface area contributed by atoms with Crippen molar-refractivity contribution in [3.63, 3.8) is 0 Å². The molecule has 1 aliphatic carbocycles. The van der Waals surface area contributed by atoms with Gasteiger partial charge in [0.25, 0.3) is 0 Å². The Labute approximate surface area is 139 Å². The fourth-order valence-corrected chi connectivity index (χ4v) is 8.44. The van der Waals surface area contributed by atoms with Gasteiger partial charge in [0.05, 0.1) is 0 Å². The third-order valence-corrected chi connectivity index (χ3v) is 9.01. The van der Waals surface area contributed by atoms with Gasteiger partial charge in [0.1, 0.15) is 15.6 Å². The van der Waals surface area contributed by atoms with Crippen LogP contribution in [-0.4, -0.2) is 10.5 Å². The van der Waals surface area contributed by atoms with Crippen LogP contribution in [0.4, 0.5) is 0 Å². The van der Waals surface area contributed by atoms with Crippen molar-refractivity contribution in [3.05, 3.63) is 59.7 Å². The number of benzene rings is 2. The molecule has 2 aliphatic heterocycles. The molecule has 0 unspecified atom stereocenters. The first-order chi connectivity index (χ1) is 10.9. The minimum absolute atomic E-state index is 0.0328. The van der Waals surface area contributed by atoms with Gasteiger partial charge < -0.3 is 4.74 Å². The number of hydrogen-bond acceptors (Lipinski definition) is 3. The Morgan fingerprint density at radius 3 is 1.82 bits per heavy atom. The minimum Gasteiger partial charge on any atom is -0.457 e. The molecule has 3 heteroatoms. The molecule has 0 aromatic heterocycles. The predicted molar refractivity (Wildman–Crippen MR) is 95.0 cm³/mol. The zero-order valence-corrected chi connectivity index (χ0v) is 14.0. The van der Waals surface area contributed by atoms with Gasteiger partial charge in [-0.15, -0.1) is 23.5 Å². The monoisotopic (exact) mass is 326 g/mol. The number of ether oxygens (including phenoxy) is 1. The first-order valence-corrected chi connectivity index (χ1v) is 9.85. The fourth-order valence-electron chi connectivity index (χ4n) is 3.96. The van der Waals surface area contributed by atoms with Gasteiger partial charge in [0, 0.05) is 21.6 Å². The van der Waals surface area contributed by atoms with Crippen LogP contribution in [0.15, 0.2) is 48.5 Å². The van der Waals surface area contributed by atoms with E-state index in [1.165, 1.54) is 36.8 Å². The Morgan fingerprint density at radius 1 is 0.773 bits per heavy atom. The molecule has 3 aliphatic rings. The SMILES string of the molecule is c1ccc2c(c1)Oc1ccccc1C21S[C@@H]2CCCC[C@H]2S1. The lowest BCUT2D eigenvalue weighted by molar-refractivity contribution is 0.455.